The van der Waals surface area contributed by atoms with E-state index >= 15 is 0 Å². The van der Waals surface area contributed by atoms with E-state index in [1.54, 1.807) is 14.2 Å². The minimum Gasteiger partial charge on any atom is -0.496 e. The third kappa shape index (κ3) is 5.51. The minimum atomic E-state index is 0.599. The Bertz CT molecular complexity index is 368. The first-order chi connectivity index (χ1) is 9.72. The maximum Gasteiger partial charge on any atom is 0.122 e. The van der Waals surface area contributed by atoms with Crippen LogP contribution in [-0.2, 0) is 11.2 Å². The number of hydrogen-bond donors (Lipinski definition) is 1. The molecule has 0 radical (unpaired) electrons. The molecule has 0 aliphatic carbocycles. The van der Waals surface area contributed by atoms with E-state index in [-0.39, 0.29) is 0 Å². The van der Waals surface area contributed by atoms with Crippen molar-refractivity contribution in [1.29, 1.82) is 0 Å². The number of para-hydroxylation sites is 1. The average Bonchev–Trinajstić information content (AvgIpc) is 2.49. The van der Waals surface area contributed by atoms with Gasteiger partial charge in [0.1, 0.15) is 5.75 Å². The molecular weight excluding hydrogens is 250 g/mol. The van der Waals surface area contributed by atoms with Crippen LogP contribution in [0.1, 0.15) is 25.8 Å². The fourth-order valence-corrected chi connectivity index (χ4v) is 2.50. The monoisotopic (exact) mass is 279 g/mol. The predicted octanol–water partition coefficient (Wildman–Crippen LogP) is 3.14. The Morgan fingerprint density at radius 1 is 1.20 bits per heavy atom. The summed E-state index contributed by atoms with van der Waals surface area (Å²) in [4.78, 5) is 0. The van der Waals surface area contributed by atoms with Crippen molar-refractivity contribution in [3.63, 3.8) is 0 Å². The van der Waals surface area contributed by atoms with Crippen LogP contribution in [0.15, 0.2) is 24.3 Å². The van der Waals surface area contributed by atoms with Gasteiger partial charge in [0, 0.05) is 13.7 Å². The van der Waals surface area contributed by atoms with E-state index in [2.05, 4.69) is 31.3 Å². The van der Waals surface area contributed by atoms with E-state index in [0.29, 0.717) is 11.8 Å². The zero-order valence-electron chi connectivity index (χ0n) is 13.3. The molecule has 0 spiro atoms. The van der Waals surface area contributed by atoms with Crippen molar-refractivity contribution in [3.05, 3.63) is 29.8 Å². The van der Waals surface area contributed by atoms with Gasteiger partial charge in [0.05, 0.1) is 7.11 Å². The van der Waals surface area contributed by atoms with Gasteiger partial charge in [-0.2, -0.15) is 0 Å². The van der Waals surface area contributed by atoms with E-state index in [0.717, 1.165) is 38.3 Å². The SMILES string of the molecule is CCNCC(Cc1ccccc1OC)C(C)CCOC. The van der Waals surface area contributed by atoms with Gasteiger partial charge in [0.15, 0.2) is 0 Å². The predicted molar refractivity (Wildman–Crippen MR) is 84.4 cm³/mol. The fourth-order valence-electron chi connectivity index (χ4n) is 2.50. The van der Waals surface area contributed by atoms with Crippen LogP contribution in [0.4, 0.5) is 0 Å². The van der Waals surface area contributed by atoms with E-state index in [1.165, 1.54) is 5.56 Å². The minimum absolute atomic E-state index is 0.599. The highest BCUT2D eigenvalue weighted by atomic mass is 16.5. The number of benzene rings is 1. The Labute approximate surface area is 123 Å². The molecule has 114 valence electrons. The number of methoxy groups -OCH3 is 2. The summed E-state index contributed by atoms with van der Waals surface area (Å²) in [7, 11) is 3.51. The average molecular weight is 279 g/mol. The molecule has 1 N–H and O–H groups in total. The summed E-state index contributed by atoms with van der Waals surface area (Å²) in [5.74, 6) is 2.22. The summed E-state index contributed by atoms with van der Waals surface area (Å²) in [6, 6.07) is 8.32. The van der Waals surface area contributed by atoms with Gasteiger partial charge in [0.25, 0.3) is 0 Å². The van der Waals surface area contributed by atoms with Crippen LogP contribution < -0.4 is 10.1 Å². The molecule has 0 bridgehead atoms. The normalized spacial score (nSPS) is 14.0. The van der Waals surface area contributed by atoms with E-state index in [9.17, 15) is 0 Å². The van der Waals surface area contributed by atoms with Crippen molar-refractivity contribution in [2.24, 2.45) is 11.8 Å². The molecule has 0 saturated carbocycles. The smallest absolute Gasteiger partial charge is 0.122 e. The van der Waals surface area contributed by atoms with Crippen LogP contribution in [0.2, 0.25) is 0 Å². The lowest BCUT2D eigenvalue weighted by molar-refractivity contribution is 0.164. The summed E-state index contributed by atoms with van der Waals surface area (Å²) >= 11 is 0. The van der Waals surface area contributed by atoms with Crippen LogP contribution in [0.25, 0.3) is 0 Å². The number of ether oxygens (including phenoxy) is 2. The molecule has 0 saturated heterocycles. The quantitative estimate of drug-likeness (QED) is 0.714. The third-order valence-electron chi connectivity index (χ3n) is 3.91. The lowest BCUT2D eigenvalue weighted by atomic mass is 9.85. The zero-order valence-corrected chi connectivity index (χ0v) is 13.3. The maximum absolute atomic E-state index is 5.47. The molecule has 20 heavy (non-hydrogen) atoms. The van der Waals surface area contributed by atoms with Crippen molar-refractivity contribution in [2.75, 3.05) is 33.9 Å². The summed E-state index contributed by atoms with van der Waals surface area (Å²) in [5, 5.41) is 3.48. The molecule has 1 rings (SSSR count). The molecule has 0 aliphatic heterocycles. The lowest BCUT2D eigenvalue weighted by Crippen LogP contribution is -2.29. The summed E-state index contributed by atoms with van der Waals surface area (Å²) in [5.41, 5.74) is 1.29. The van der Waals surface area contributed by atoms with Crippen LogP contribution >= 0.6 is 0 Å². The maximum atomic E-state index is 5.47. The van der Waals surface area contributed by atoms with Gasteiger partial charge in [-0.1, -0.05) is 32.0 Å². The number of rotatable bonds is 10. The Hall–Kier alpha value is -1.06. The molecule has 3 heteroatoms. The molecule has 2 atom stereocenters. The molecule has 0 aromatic heterocycles. The van der Waals surface area contributed by atoms with Gasteiger partial charge in [-0.25, -0.2) is 0 Å². The van der Waals surface area contributed by atoms with Crippen LogP contribution in [0, 0.1) is 11.8 Å². The first kappa shape index (κ1) is 17.0. The van der Waals surface area contributed by atoms with Crippen LogP contribution in [-0.4, -0.2) is 33.9 Å². The molecule has 3 nitrogen and oxygen atoms in total. The Kier molecular flexibility index (Phi) is 8.31. The Balaban J connectivity index is 2.72. The lowest BCUT2D eigenvalue weighted by Gasteiger charge is -2.25. The standard InChI is InChI=1S/C17H29NO2/c1-5-18-13-16(14(2)10-11-19-3)12-15-8-6-7-9-17(15)20-4/h6-9,14,16,18H,5,10-13H2,1-4H3. The molecule has 1 aromatic rings. The number of hydrogen-bond acceptors (Lipinski definition) is 3. The van der Waals surface area contributed by atoms with Crippen molar-refractivity contribution >= 4 is 0 Å². The second-order valence-corrected chi connectivity index (χ2v) is 5.34. The van der Waals surface area contributed by atoms with Crippen LogP contribution in [0.5, 0.6) is 5.75 Å². The summed E-state index contributed by atoms with van der Waals surface area (Å²) < 4.78 is 10.7. The largest absolute Gasteiger partial charge is 0.496 e. The van der Waals surface area contributed by atoms with Crippen molar-refractivity contribution < 1.29 is 9.47 Å². The van der Waals surface area contributed by atoms with Gasteiger partial charge >= 0.3 is 0 Å². The second-order valence-electron chi connectivity index (χ2n) is 5.34. The highest BCUT2D eigenvalue weighted by Crippen LogP contribution is 2.25. The third-order valence-corrected chi connectivity index (χ3v) is 3.91. The van der Waals surface area contributed by atoms with Gasteiger partial charge in [-0.3, -0.25) is 0 Å². The molecule has 0 amide bonds. The molecule has 0 aliphatic rings. The highest BCUT2D eigenvalue weighted by molar-refractivity contribution is 5.33. The van der Waals surface area contributed by atoms with Gasteiger partial charge < -0.3 is 14.8 Å². The number of nitrogens with one attached hydrogen (secondary N) is 1. The van der Waals surface area contributed by atoms with Crippen molar-refractivity contribution in [2.45, 2.75) is 26.7 Å². The summed E-state index contributed by atoms with van der Waals surface area (Å²) in [6.45, 7) is 7.35. The van der Waals surface area contributed by atoms with Gasteiger partial charge in [-0.05, 0) is 49.4 Å². The zero-order chi connectivity index (χ0) is 14.8. The Morgan fingerprint density at radius 2 is 1.95 bits per heavy atom. The molecule has 0 heterocycles. The van der Waals surface area contributed by atoms with Crippen molar-refractivity contribution in [3.8, 4) is 5.75 Å². The molecule has 0 fully saturated rings. The topological polar surface area (TPSA) is 30.5 Å². The fraction of sp³-hybridized carbons (Fsp3) is 0.647. The molecule has 2 unspecified atom stereocenters. The Morgan fingerprint density at radius 3 is 2.60 bits per heavy atom. The van der Waals surface area contributed by atoms with Crippen molar-refractivity contribution in [1.82, 2.24) is 5.32 Å². The summed E-state index contributed by atoms with van der Waals surface area (Å²) in [6.07, 6.45) is 2.14. The first-order valence-corrected chi connectivity index (χ1v) is 7.54. The van der Waals surface area contributed by atoms with Gasteiger partial charge in [-0.15, -0.1) is 0 Å². The van der Waals surface area contributed by atoms with E-state index < -0.39 is 0 Å². The molecule has 1 aromatic carbocycles. The first-order valence-electron chi connectivity index (χ1n) is 7.54. The van der Waals surface area contributed by atoms with E-state index in [4.69, 9.17) is 9.47 Å². The highest BCUT2D eigenvalue weighted by Gasteiger charge is 2.19. The molecular formula is C17H29NO2. The van der Waals surface area contributed by atoms with E-state index in [1.807, 2.05) is 12.1 Å². The van der Waals surface area contributed by atoms with Gasteiger partial charge in [0.2, 0.25) is 0 Å². The second kappa shape index (κ2) is 9.78. The van der Waals surface area contributed by atoms with Crippen LogP contribution in [0.3, 0.4) is 0 Å².